The maximum Gasteiger partial charge on any atom is 0.317 e. The molecule has 0 fully saturated rings. The van der Waals surface area contributed by atoms with Crippen molar-refractivity contribution in [3.8, 4) is 11.5 Å². The van der Waals surface area contributed by atoms with Crippen LogP contribution in [0.25, 0.3) is 0 Å². The minimum Gasteiger partial charge on any atom is -0.486 e. The summed E-state index contributed by atoms with van der Waals surface area (Å²) in [5, 5.41) is 2.97. The van der Waals surface area contributed by atoms with Crippen LogP contribution in [0.1, 0.15) is 18.2 Å². The predicted octanol–water partition coefficient (Wildman–Crippen LogP) is 2.82. The molecule has 0 spiro atoms. The number of furan rings is 1. The van der Waals surface area contributed by atoms with E-state index in [1.165, 1.54) is 0 Å². The Morgan fingerprint density at radius 1 is 1.25 bits per heavy atom. The van der Waals surface area contributed by atoms with Gasteiger partial charge in [-0.2, -0.15) is 0 Å². The van der Waals surface area contributed by atoms with Gasteiger partial charge in [-0.05, 0) is 36.8 Å². The van der Waals surface area contributed by atoms with Gasteiger partial charge in [0.1, 0.15) is 19.0 Å². The van der Waals surface area contributed by atoms with Crippen molar-refractivity contribution < 1.29 is 18.7 Å². The normalized spacial score (nSPS) is 14.1. The molecule has 1 aromatic heterocycles. The molecule has 1 aliphatic rings. The summed E-state index contributed by atoms with van der Waals surface area (Å²) >= 11 is 0. The van der Waals surface area contributed by atoms with Crippen LogP contribution < -0.4 is 14.8 Å². The Kier molecular flexibility index (Phi) is 4.93. The first-order valence-electron chi connectivity index (χ1n) is 8.04. The van der Waals surface area contributed by atoms with Gasteiger partial charge in [0.25, 0.3) is 0 Å². The van der Waals surface area contributed by atoms with E-state index in [9.17, 15) is 4.79 Å². The molecular weight excluding hydrogens is 308 g/mol. The van der Waals surface area contributed by atoms with Gasteiger partial charge >= 0.3 is 6.03 Å². The molecule has 1 aromatic carbocycles. The molecule has 0 unspecified atom stereocenters. The highest BCUT2D eigenvalue weighted by Crippen LogP contribution is 2.31. The highest BCUT2D eigenvalue weighted by atomic mass is 16.6. The van der Waals surface area contributed by atoms with E-state index in [0.717, 1.165) is 22.8 Å². The molecule has 0 radical (unpaired) electrons. The van der Waals surface area contributed by atoms with Gasteiger partial charge in [0, 0.05) is 26.1 Å². The van der Waals surface area contributed by atoms with E-state index in [-0.39, 0.29) is 12.1 Å². The van der Waals surface area contributed by atoms with E-state index in [1.54, 1.807) is 18.2 Å². The Morgan fingerprint density at radius 2 is 2.04 bits per heavy atom. The topological polar surface area (TPSA) is 63.9 Å². The molecule has 1 atom stereocenters. The monoisotopic (exact) mass is 330 g/mol. The molecule has 2 amide bonds. The van der Waals surface area contributed by atoms with Gasteiger partial charge < -0.3 is 24.1 Å². The van der Waals surface area contributed by atoms with E-state index < -0.39 is 0 Å². The third kappa shape index (κ3) is 4.01. The first-order valence-corrected chi connectivity index (χ1v) is 8.04. The lowest BCUT2D eigenvalue weighted by Gasteiger charge is -2.23. The number of fused-ring (bicyclic) bond motifs is 1. The van der Waals surface area contributed by atoms with Gasteiger partial charge in [0.15, 0.2) is 11.5 Å². The van der Waals surface area contributed by atoms with Crippen molar-refractivity contribution in [2.45, 2.75) is 25.9 Å². The second-order valence-electron chi connectivity index (χ2n) is 5.97. The largest absolute Gasteiger partial charge is 0.486 e. The average Bonchev–Trinajstić information content (AvgIpc) is 3.07. The summed E-state index contributed by atoms with van der Waals surface area (Å²) in [6, 6.07) is 9.37. The van der Waals surface area contributed by atoms with Crippen LogP contribution in [-0.2, 0) is 13.0 Å². The summed E-state index contributed by atoms with van der Waals surface area (Å²) in [7, 11) is 1.77. The maximum absolute atomic E-state index is 12.3. The van der Waals surface area contributed by atoms with E-state index >= 15 is 0 Å². The van der Waals surface area contributed by atoms with E-state index in [2.05, 4.69) is 5.32 Å². The van der Waals surface area contributed by atoms with Crippen molar-refractivity contribution in [3.63, 3.8) is 0 Å². The van der Waals surface area contributed by atoms with Crippen LogP contribution in [0.2, 0.25) is 0 Å². The zero-order chi connectivity index (χ0) is 16.9. The number of ether oxygens (including phenoxy) is 2. The number of carbonyl (C=O) groups is 1. The standard InChI is InChI=1S/C18H22N2O4/c1-13(10-15-4-3-7-22-15)19-18(21)20(2)12-14-5-6-16-17(11-14)24-9-8-23-16/h3-7,11,13H,8-10,12H2,1-2H3,(H,19,21)/t13-/m0/s1. The molecule has 1 N–H and O–H groups in total. The smallest absolute Gasteiger partial charge is 0.317 e. The summed E-state index contributed by atoms with van der Waals surface area (Å²) in [6.45, 7) is 3.58. The fourth-order valence-electron chi connectivity index (χ4n) is 2.63. The van der Waals surface area contributed by atoms with Crippen LogP contribution in [0.15, 0.2) is 41.0 Å². The molecule has 2 aromatic rings. The summed E-state index contributed by atoms with van der Waals surface area (Å²) in [6.07, 6.45) is 2.30. The van der Waals surface area contributed by atoms with Crippen LogP contribution in [-0.4, -0.2) is 37.2 Å². The fraction of sp³-hybridized carbons (Fsp3) is 0.389. The summed E-state index contributed by atoms with van der Waals surface area (Å²) in [5.41, 5.74) is 0.996. The summed E-state index contributed by atoms with van der Waals surface area (Å²) < 4.78 is 16.4. The van der Waals surface area contributed by atoms with Crippen molar-refractivity contribution in [3.05, 3.63) is 47.9 Å². The van der Waals surface area contributed by atoms with Crippen molar-refractivity contribution in [1.29, 1.82) is 0 Å². The highest BCUT2D eigenvalue weighted by molar-refractivity contribution is 5.74. The quantitative estimate of drug-likeness (QED) is 0.915. The number of hydrogen-bond acceptors (Lipinski definition) is 4. The van der Waals surface area contributed by atoms with E-state index in [0.29, 0.717) is 26.2 Å². The van der Waals surface area contributed by atoms with Gasteiger partial charge in [-0.1, -0.05) is 6.07 Å². The number of hydrogen-bond donors (Lipinski definition) is 1. The fourth-order valence-corrected chi connectivity index (χ4v) is 2.63. The SMILES string of the molecule is C[C@@H](Cc1ccco1)NC(=O)N(C)Cc1ccc2c(c1)OCCO2. The molecule has 0 aliphatic carbocycles. The molecular formula is C18H22N2O4. The van der Waals surface area contributed by atoms with Gasteiger partial charge in [0.05, 0.1) is 6.26 Å². The number of benzene rings is 1. The molecule has 24 heavy (non-hydrogen) atoms. The lowest BCUT2D eigenvalue weighted by molar-refractivity contribution is 0.171. The third-order valence-corrected chi connectivity index (χ3v) is 3.83. The van der Waals surface area contributed by atoms with Crippen molar-refractivity contribution in [2.24, 2.45) is 0 Å². The first-order chi connectivity index (χ1) is 11.6. The molecule has 6 heteroatoms. The van der Waals surface area contributed by atoms with Gasteiger partial charge in [0.2, 0.25) is 0 Å². The van der Waals surface area contributed by atoms with Gasteiger partial charge in [-0.3, -0.25) is 0 Å². The Labute approximate surface area is 141 Å². The minimum atomic E-state index is -0.121. The summed E-state index contributed by atoms with van der Waals surface area (Å²) in [4.78, 5) is 13.9. The van der Waals surface area contributed by atoms with E-state index in [4.69, 9.17) is 13.9 Å². The molecule has 2 heterocycles. The zero-order valence-corrected chi connectivity index (χ0v) is 14.0. The molecule has 128 valence electrons. The van der Waals surface area contributed by atoms with Crippen molar-refractivity contribution in [1.82, 2.24) is 10.2 Å². The van der Waals surface area contributed by atoms with Gasteiger partial charge in [-0.25, -0.2) is 4.79 Å². The Morgan fingerprint density at radius 3 is 2.79 bits per heavy atom. The summed E-state index contributed by atoms with van der Waals surface area (Å²) in [5.74, 6) is 2.35. The molecule has 0 saturated heterocycles. The van der Waals surface area contributed by atoms with Crippen LogP contribution in [0.4, 0.5) is 4.79 Å². The lowest BCUT2D eigenvalue weighted by atomic mass is 10.2. The minimum absolute atomic E-state index is 0.00799. The molecule has 0 saturated carbocycles. The van der Waals surface area contributed by atoms with Gasteiger partial charge in [-0.15, -0.1) is 0 Å². The number of rotatable bonds is 5. The molecule has 1 aliphatic heterocycles. The van der Waals surface area contributed by atoms with Crippen molar-refractivity contribution in [2.75, 3.05) is 20.3 Å². The Bertz CT molecular complexity index is 684. The number of carbonyl (C=O) groups excluding carboxylic acids is 1. The van der Waals surface area contributed by atoms with Crippen LogP contribution in [0, 0.1) is 0 Å². The Balaban J connectivity index is 1.54. The number of nitrogens with zero attached hydrogens (tertiary/aromatic N) is 1. The lowest BCUT2D eigenvalue weighted by Crippen LogP contribution is -2.42. The highest BCUT2D eigenvalue weighted by Gasteiger charge is 2.16. The number of nitrogens with one attached hydrogen (secondary N) is 1. The Hall–Kier alpha value is -2.63. The zero-order valence-electron chi connectivity index (χ0n) is 14.0. The van der Waals surface area contributed by atoms with E-state index in [1.807, 2.05) is 37.3 Å². The van der Waals surface area contributed by atoms with Crippen LogP contribution in [0.3, 0.4) is 0 Å². The van der Waals surface area contributed by atoms with Crippen LogP contribution in [0.5, 0.6) is 11.5 Å². The van der Waals surface area contributed by atoms with Crippen molar-refractivity contribution >= 4 is 6.03 Å². The molecule has 6 nitrogen and oxygen atoms in total. The van der Waals surface area contributed by atoms with Crippen LogP contribution >= 0.6 is 0 Å². The number of urea groups is 1. The molecule has 0 bridgehead atoms. The maximum atomic E-state index is 12.3. The first kappa shape index (κ1) is 16.2. The second kappa shape index (κ2) is 7.29. The second-order valence-corrected chi connectivity index (χ2v) is 5.97. The predicted molar refractivity (Wildman–Crippen MR) is 89.3 cm³/mol. The number of amides is 2. The average molecular weight is 330 g/mol. The molecule has 3 rings (SSSR count). The third-order valence-electron chi connectivity index (χ3n) is 3.83.